The van der Waals surface area contributed by atoms with Gasteiger partial charge in [-0.15, -0.1) is 0 Å². The number of phenolic OH excluding ortho intramolecular Hbond substituents is 1. The Hall–Kier alpha value is -3.72. The maximum atomic E-state index is 12.7. The zero-order valence-corrected chi connectivity index (χ0v) is 18.0. The Kier molecular flexibility index (Phi) is 6.18. The summed E-state index contributed by atoms with van der Waals surface area (Å²) in [5.41, 5.74) is 1.27. The molecule has 1 fully saturated rings. The fourth-order valence-electron chi connectivity index (χ4n) is 3.92. The molecule has 32 heavy (non-hydrogen) atoms. The van der Waals surface area contributed by atoms with Crippen LogP contribution in [0.3, 0.4) is 0 Å². The van der Waals surface area contributed by atoms with E-state index in [0.717, 1.165) is 43.1 Å². The molecule has 0 atom stereocenters. The highest BCUT2D eigenvalue weighted by molar-refractivity contribution is 7.80. The standard InChI is InChI=1S/C23H22N4O4S/c28-17-8-9-18-15(13-17)5-4-6-19(18)24-23(32)25-22(29)16-7-10-20(21(14-16)27(30)31)26-11-2-1-3-12-26/h4-10,13-14,28H,1-3,11-12H2,(H2,24,25,29,32). The molecule has 1 aliphatic heterocycles. The van der Waals surface area contributed by atoms with Crippen molar-refractivity contribution in [1.29, 1.82) is 0 Å². The number of hydrogen-bond acceptors (Lipinski definition) is 6. The maximum Gasteiger partial charge on any atom is 0.293 e. The third-order valence-corrected chi connectivity index (χ3v) is 5.67. The SMILES string of the molecule is O=C(NC(=S)Nc1cccc2cc(O)ccc12)c1ccc(N2CCCCC2)c([N+](=O)[O-])c1. The summed E-state index contributed by atoms with van der Waals surface area (Å²) in [6.45, 7) is 1.53. The summed E-state index contributed by atoms with van der Waals surface area (Å²) in [5.74, 6) is -0.381. The van der Waals surface area contributed by atoms with Gasteiger partial charge in [-0.2, -0.15) is 0 Å². The Bertz CT molecular complexity index is 1210. The van der Waals surface area contributed by atoms with Gasteiger partial charge in [0.2, 0.25) is 0 Å². The van der Waals surface area contributed by atoms with E-state index in [-0.39, 0.29) is 22.1 Å². The van der Waals surface area contributed by atoms with Gasteiger partial charge in [-0.1, -0.05) is 12.1 Å². The number of aromatic hydroxyl groups is 1. The molecular formula is C23H22N4O4S. The van der Waals surface area contributed by atoms with Crippen molar-refractivity contribution in [2.75, 3.05) is 23.3 Å². The van der Waals surface area contributed by atoms with Gasteiger partial charge in [0.1, 0.15) is 11.4 Å². The molecule has 164 valence electrons. The number of nitrogens with zero attached hydrogens (tertiary/aromatic N) is 2. The molecule has 0 aromatic heterocycles. The Morgan fingerprint density at radius 2 is 1.84 bits per heavy atom. The number of amides is 1. The summed E-state index contributed by atoms with van der Waals surface area (Å²) in [5, 5.41) is 28.6. The number of carbonyl (C=O) groups is 1. The minimum absolute atomic E-state index is 0.0679. The molecule has 1 amide bonds. The van der Waals surface area contributed by atoms with Gasteiger partial charge in [0, 0.05) is 35.8 Å². The normalized spacial score (nSPS) is 13.6. The van der Waals surface area contributed by atoms with Crippen molar-refractivity contribution in [1.82, 2.24) is 5.32 Å². The third-order valence-electron chi connectivity index (χ3n) is 5.47. The lowest BCUT2D eigenvalue weighted by atomic mass is 10.1. The minimum Gasteiger partial charge on any atom is -0.508 e. The number of nitro benzene ring substituents is 1. The lowest BCUT2D eigenvalue weighted by Gasteiger charge is -2.28. The first-order chi connectivity index (χ1) is 15.4. The molecule has 3 N–H and O–H groups in total. The van der Waals surface area contributed by atoms with Gasteiger partial charge >= 0.3 is 0 Å². The Morgan fingerprint density at radius 3 is 2.59 bits per heavy atom. The average molecular weight is 451 g/mol. The molecule has 3 aromatic carbocycles. The van der Waals surface area contributed by atoms with Crippen LogP contribution in [0.5, 0.6) is 5.75 Å². The van der Waals surface area contributed by atoms with E-state index < -0.39 is 10.8 Å². The maximum absolute atomic E-state index is 12.7. The fraction of sp³-hybridized carbons (Fsp3) is 0.217. The molecule has 1 heterocycles. The summed E-state index contributed by atoms with van der Waals surface area (Å²) in [6, 6.07) is 14.9. The van der Waals surface area contributed by atoms with Crippen LogP contribution >= 0.6 is 12.2 Å². The van der Waals surface area contributed by atoms with Gasteiger partial charge < -0.3 is 15.3 Å². The van der Waals surface area contributed by atoms with E-state index in [9.17, 15) is 20.0 Å². The lowest BCUT2D eigenvalue weighted by Crippen LogP contribution is -2.34. The van der Waals surface area contributed by atoms with Crippen molar-refractivity contribution in [3.8, 4) is 5.75 Å². The molecule has 0 bridgehead atoms. The van der Waals surface area contributed by atoms with Crippen LogP contribution in [-0.4, -0.2) is 34.1 Å². The number of thiocarbonyl (C=S) groups is 1. The predicted molar refractivity (Wildman–Crippen MR) is 128 cm³/mol. The van der Waals surface area contributed by atoms with Crippen LogP contribution in [0.15, 0.2) is 54.6 Å². The third kappa shape index (κ3) is 4.62. The predicted octanol–water partition coefficient (Wildman–Crippen LogP) is 4.57. The van der Waals surface area contributed by atoms with E-state index in [2.05, 4.69) is 10.6 Å². The summed E-state index contributed by atoms with van der Waals surface area (Å²) >= 11 is 5.28. The highest BCUT2D eigenvalue weighted by atomic mass is 32.1. The number of carbonyl (C=O) groups excluding carboxylic acids is 1. The Morgan fingerprint density at radius 1 is 1.06 bits per heavy atom. The number of phenols is 1. The van der Waals surface area contributed by atoms with E-state index in [4.69, 9.17) is 12.2 Å². The first kappa shape index (κ1) is 21.5. The molecule has 0 spiro atoms. The van der Waals surface area contributed by atoms with Gasteiger partial charge in [0.05, 0.1) is 4.92 Å². The molecule has 0 unspecified atom stereocenters. The van der Waals surface area contributed by atoms with Crippen LogP contribution in [0.1, 0.15) is 29.6 Å². The van der Waals surface area contributed by atoms with E-state index in [0.29, 0.717) is 11.4 Å². The van der Waals surface area contributed by atoms with Gasteiger partial charge in [-0.05, 0) is 73.3 Å². The van der Waals surface area contributed by atoms with Gasteiger partial charge in [0.15, 0.2) is 5.11 Å². The second-order valence-electron chi connectivity index (χ2n) is 7.63. The van der Waals surface area contributed by atoms with E-state index >= 15 is 0 Å². The zero-order valence-electron chi connectivity index (χ0n) is 17.2. The van der Waals surface area contributed by atoms with Crippen molar-refractivity contribution < 1.29 is 14.8 Å². The van der Waals surface area contributed by atoms with Crippen LogP contribution in [0.2, 0.25) is 0 Å². The first-order valence-corrected chi connectivity index (χ1v) is 10.7. The minimum atomic E-state index is -0.534. The van der Waals surface area contributed by atoms with Crippen LogP contribution in [-0.2, 0) is 0 Å². The zero-order chi connectivity index (χ0) is 22.7. The van der Waals surface area contributed by atoms with Gasteiger partial charge in [-0.3, -0.25) is 20.2 Å². The number of benzene rings is 3. The molecule has 0 saturated carbocycles. The highest BCUT2D eigenvalue weighted by Gasteiger charge is 2.23. The summed E-state index contributed by atoms with van der Waals surface area (Å²) in [6.07, 6.45) is 3.10. The number of hydrogen-bond donors (Lipinski definition) is 3. The van der Waals surface area contributed by atoms with Gasteiger partial charge in [-0.25, -0.2) is 0 Å². The van der Waals surface area contributed by atoms with E-state index in [1.54, 1.807) is 42.5 Å². The lowest BCUT2D eigenvalue weighted by molar-refractivity contribution is -0.384. The van der Waals surface area contributed by atoms with E-state index in [1.165, 1.54) is 6.07 Å². The van der Waals surface area contributed by atoms with Crippen molar-refractivity contribution in [3.05, 3.63) is 70.3 Å². The highest BCUT2D eigenvalue weighted by Crippen LogP contribution is 2.31. The number of anilines is 2. The summed E-state index contributed by atoms with van der Waals surface area (Å²) in [4.78, 5) is 25.9. The van der Waals surface area contributed by atoms with Crippen molar-refractivity contribution in [2.24, 2.45) is 0 Å². The number of piperidine rings is 1. The molecular weight excluding hydrogens is 428 g/mol. The topological polar surface area (TPSA) is 108 Å². The van der Waals surface area contributed by atoms with Crippen molar-refractivity contribution in [3.63, 3.8) is 0 Å². The van der Waals surface area contributed by atoms with Crippen LogP contribution in [0.25, 0.3) is 10.8 Å². The number of nitro groups is 1. The molecule has 0 radical (unpaired) electrons. The molecule has 3 aromatic rings. The van der Waals surface area contributed by atoms with Crippen molar-refractivity contribution >= 4 is 51.1 Å². The van der Waals surface area contributed by atoms with E-state index in [1.807, 2.05) is 11.0 Å². The molecule has 8 nitrogen and oxygen atoms in total. The fourth-order valence-corrected chi connectivity index (χ4v) is 4.12. The second-order valence-corrected chi connectivity index (χ2v) is 8.04. The molecule has 1 aliphatic rings. The number of rotatable bonds is 4. The molecule has 9 heteroatoms. The molecule has 4 rings (SSSR count). The van der Waals surface area contributed by atoms with Crippen LogP contribution < -0.4 is 15.5 Å². The summed E-state index contributed by atoms with van der Waals surface area (Å²) < 4.78 is 0. The van der Waals surface area contributed by atoms with Crippen LogP contribution in [0.4, 0.5) is 17.1 Å². The van der Waals surface area contributed by atoms with Crippen molar-refractivity contribution in [2.45, 2.75) is 19.3 Å². The average Bonchev–Trinajstić information content (AvgIpc) is 2.79. The first-order valence-electron chi connectivity index (χ1n) is 10.3. The Balaban J connectivity index is 1.50. The smallest absolute Gasteiger partial charge is 0.293 e. The monoisotopic (exact) mass is 450 g/mol. The second kappa shape index (κ2) is 9.19. The van der Waals surface area contributed by atoms with Gasteiger partial charge in [0.25, 0.3) is 11.6 Å². The molecule has 1 saturated heterocycles. The summed E-state index contributed by atoms with van der Waals surface area (Å²) in [7, 11) is 0. The quantitative estimate of drug-likeness (QED) is 0.304. The number of fused-ring (bicyclic) bond motifs is 1. The van der Waals surface area contributed by atoms with Crippen LogP contribution in [0, 0.1) is 10.1 Å². The Labute approximate surface area is 190 Å². The largest absolute Gasteiger partial charge is 0.508 e. The molecule has 0 aliphatic carbocycles. The number of nitrogens with one attached hydrogen (secondary N) is 2.